The molecule has 12 atom stereocenters. The second kappa shape index (κ2) is 5.53. The van der Waals surface area contributed by atoms with Gasteiger partial charge in [0.1, 0.15) is 5.60 Å². The lowest BCUT2D eigenvalue weighted by Crippen LogP contribution is -2.75. The van der Waals surface area contributed by atoms with Crippen molar-refractivity contribution >= 4 is 5.97 Å². The summed E-state index contributed by atoms with van der Waals surface area (Å²) in [4.78, 5) is 13.7. The Balaban J connectivity index is 1.40. The van der Waals surface area contributed by atoms with Gasteiger partial charge in [0.05, 0.1) is 17.6 Å². The number of carbonyl (C=O) groups excluding carboxylic acids is 1. The molecule has 0 radical (unpaired) electrons. The predicted molar refractivity (Wildman–Crippen MR) is 125 cm³/mol. The van der Waals surface area contributed by atoms with Crippen LogP contribution in [0.4, 0.5) is 0 Å². The van der Waals surface area contributed by atoms with Crippen molar-refractivity contribution in [1.29, 1.82) is 0 Å². The molecule has 1 saturated heterocycles. The van der Waals surface area contributed by atoms with Crippen LogP contribution in [0.25, 0.3) is 0 Å². The van der Waals surface area contributed by atoms with E-state index in [0.29, 0.717) is 17.8 Å². The van der Waals surface area contributed by atoms with Gasteiger partial charge in [0, 0.05) is 11.3 Å². The van der Waals surface area contributed by atoms with Gasteiger partial charge < -0.3 is 14.9 Å². The second-order valence-electron chi connectivity index (χ2n) is 15.4. The van der Waals surface area contributed by atoms with Gasteiger partial charge in [0.25, 0.3) is 0 Å². The number of carbonyl (C=O) groups is 1. The molecule has 0 aromatic carbocycles. The molecule has 4 nitrogen and oxygen atoms in total. The summed E-state index contributed by atoms with van der Waals surface area (Å²) in [5.74, 6) is 1.47. The molecule has 7 rings (SSSR count). The van der Waals surface area contributed by atoms with E-state index in [-0.39, 0.29) is 50.5 Å². The number of aliphatic hydroxyl groups excluding tert-OH is 2. The van der Waals surface area contributed by atoms with Crippen LogP contribution in [0.1, 0.15) is 99.3 Å². The van der Waals surface area contributed by atoms with E-state index >= 15 is 0 Å². The Hall–Kier alpha value is -0.610. The molecule has 0 aromatic heterocycles. The van der Waals surface area contributed by atoms with E-state index in [1.807, 2.05) is 0 Å². The summed E-state index contributed by atoms with van der Waals surface area (Å²) in [7, 11) is 0. The summed E-state index contributed by atoms with van der Waals surface area (Å²) in [5.41, 5.74) is -0.991. The number of fused-ring (bicyclic) bond motifs is 4. The highest BCUT2D eigenvalue weighted by Crippen LogP contribution is 2.87. The third-order valence-electron chi connectivity index (χ3n) is 14.7. The molecular weight excluding hydrogens is 412 g/mol. The number of aliphatic hydroxyl groups is 2. The Morgan fingerprint density at radius 3 is 2.24 bits per heavy atom. The van der Waals surface area contributed by atoms with Crippen LogP contribution < -0.4 is 0 Å². The summed E-state index contributed by atoms with van der Waals surface area (Å²) in [6, 6.07) is 0. The fraction of sp³-hybridized carbons (Fsp3) is 0.966. The average Bonchev–Trinajstić information content (AvgIpc) is 3.21. The summed E-state index contributed by atoms with van der Waals surface area (Å²) in [6.07, 6.45) is 8.23. The maximum atomic E-state index is 13.7. The van der Waals surface area contributed by atoms with Crippen LogP contribution in [0.15, 0.2) is 0 Å². The molecule has 5 bridgehead atoms. The number of ether oxygens (including phenoxy) is 1. The molecule has 6 aliphatic carbocycles. The second-order valence-corrected chi connectivity index (χ2v) is 15.4. The van der Waals surface area contributed by atoms with E-state index in [1.54, 1.807) is 0 Å². The third-order valence-corrected chi connectivity index (χ3v) is 14.7. The van der Waals surface area contributed by atoms with Crippen molar-refractivity contribution < 1.29 is 19.7 Å². The monoisotopic (exact) mass is 456 g/mol. The van der Waals surface area contributed by atoms with Crippen LogP contribution in [0.3, 0.4) is 0 Å². The van der Waals surface area contributed by atoms with Gasteiger partial charge in [-0.1, -0.05) is 41.5 Å². The normalized spacial score (nSPS) is 66.4. The predicted octanol–water partition coefficient (Wildman–Crippen LogP) is 5.10. The Morgan fingerprint density at radius 1 is 0.788 bits per heavy atom. The van der Waals surface area contributed by atoms with Crippen LogP contribution in [-0.4, -0.2) is 34.0 Å². The molecule has 0 amide bonds. The maximum absolute atomic E-state index is 13.7. The van der Waals surface area contributed by atoms with Crippen molar-refractivity contribution in [2.24, 2.45) is 56.2 Å². The molecule has 1 heterocycles. The minimum absolute atomic E-state index is 0.0265. The van der Waals surface area contributed by atoms with Crippen molar-refractivity contribution in [3.8, 4) is 0 Å². The van der Waals surface area contributed by atoms with Crippen molar-refractivity contribution in [2.45, 2.75) is 117 Å². The van der Waals surface area contributed by atoms with Gasteiger partial charge in [0.15, 0.2) is 0 Å². The lowest BCUT2D eigenvalue weighted by atomic mass is 9.31. The van der Waals surface area contributed by atoms with Gasteiger partial charge in [0.2, 0.25) is 0 Å². The number of hydrogen-bond acceptors (Lipinski definition) is 4. The van der Waals surface area contributed by atoms with Gasteiger partial charge in [-0.05, 0) is 97.2 Å². The summed E-state index contributed by atoms with van der Waals surface area (Å²) >= 11 is 0. The lowest BCUT2D eigenvalue weighted by Gasteiger charge is -2.74. The van der Waals surface area contributed by atoms with Gasteiger partial charge in [-0.25, -0.2) is 0 Å². The molecule has 2 spiro atoms. The molecule has 184 valence electrons. The lowest BCUT2D eigenvalue weighted by molar-refractivity contribution is -0.311. The minimum Gasteiger partial charge on any atom is -0.455 e. The zero-order chi connectivity index (χ0) is 23.6. The Morgan fingerprint density at radius 2 is 1.52 bits per heavy atom. The first-order chi connectivity index (χ1) is 15.2. The molecule has 0 aromatic rings. The number of rotatable bonds is 0. The molecule has 1 aliphatic heterocycles. The first-order valence-corrected chi connectivity index (χ1v) is 13.8. The molecule has 0 unspecified atom stereocenters. The van der Waals surface area contributed by atoms with E-state index in [9.17, 15) is 15.0 Å². The quantitative estimate of drug-likeness (QED) is 0.498. The number of hydrogen-bond donors (Lipinski definition) is 2. The SMILES string of the molecule is CC1(C)[C@@H](O)CC[C@]2(C)[C@H]3C[C@H](O)[C@]45OC(=O)[C@]67CC[C@](C)(C[C@H]64)[C@@H]7C[C@@]5(C)[C@]3(C)CC[C@@H]12. The first kappa shape index (κ1) is 21.7. The molecule has 7 aliphatic rings. The zero-order valence-electron chi connectivity index (χ0n) is 21.5. The van der Waals surface area contributed by atoms with Crippen LogP contribution in [-0.2, 0) is 9.53 Å². The van der Waals surface area contributed by atoms with E-state index in [0.717, 1.165) is 57.8 Å². The van der Waals surface area contributed by atoms with E-state index in [1.165, 1.54) is 0 Å². The number of esters is 1. The third kappa shape index (κ3) is 1.84. The van der Waals surface area contributed by atoms with Gasteiger partial charge in [-0.15, -0.1) is 0 Å². The standard InChI is InChI=1S/C29H44O4/c1-23(2)16-7-10-26(5)17(25(16,4)9-8-20(23)30)13-21(31)29-19-14-24(3)11-12-28(19,22(32)33-29)18(24)15-27(26,29)6/h16-21,30-31H,7-15H2,1-6H3/t16-,17+,18-,19+,20-,21-,24+,25-,26+,27-,28-,29+/m0/s1. The van der Waals surface area contributed by atoms with Crippen molar-refractivity contribution in [2.75, 3.05) is 0 Å². The van der Waals surface area contributed by atoms with E-state index < -0.39 is 11.7 Å². The van der Waals surface area contributed by atoms with Crippen molar-refractivity contribution in [3.05, 3.63) is 0 Å². The fourth-order valence-electron chi connectivity index (χ4n) is 13.0. The Kier molecular flexibility index (Phi) is 3.63. The molecule has 4 heteroatoms. The largest absolute Gasteiger partial charge is 0.455 e. The molecule has 6 saturated carbocycles. The highest BCUT2D eigenvalue weighted by Gasteiger charge is 2.89. The summed E-state index contributed by atoms with van der Waals surface area (Å²) < 4.78 is 6.60. The molecular formula is C29H44O4. The topological polar surface area (TPSA) is 66.8 Å². The van der Waals surface area contributed by atoms with Crippen molar-refractivity contribution in [3.63, 3.8) is 0 Å². The smallest absolute Gasteiger partial charge is 0.313 e. The Labute approximate surface area is 199 Å². The summed E-state index contributed by atoms with van der Waals surface area (Å²) in [6.45, 7) is 14.4. The van der Waals surface area contributed by atoms with Crippen molar-refractivity contribution in [1.82, 2.24) is 0 Å². The highest BCUT2D eigenvalue weighted by molar-refractivity contribution is 5.84. The maximum Gasteiger partial charge on any atom is 0.313 e. The highest BCUT2D eigenvalue weighted by atomic mass is 16.6. The van der Waals surface area contributed by atoms with Gasteiger partial charge >= 0.3 is 5.97 Å². The van der Waals surface area contributed by atoms with Crippen LogP contribution in [0.2, 0.25) is 0 Å². The zero-order valence-corrected chi connectivity index (χ0v) is 21.5. The van der Waals surface area contributed by atoms with Crippen LogP contribution in [0, 0.1) is 56.2 Å². The molecule has 33 heavy (non-hydrogen) atoms. The fourth-order valence-corrected chi connectivity index (χ4v) is 13.0. The summed E-state index contributed by atoms with van der Waals surface area (Å²) in [5, 5.41) is 23.0. The average molecular weight is 457 g/mol. The van der Waals surface area contributed by atoms with Crippen LogP contribution in [0.5, 0.6) is 0 Å². The molecule has 2 N–H and O–H groups in total. The first-order valence-electron chi connectivity index (χ1n) is 13.8. The molecule has 7 fully saturated rings. The van der Waals surface area contributed by atoms with E-state index in [2.05, 4.69) is 41.5 Å². The minimum atomic E-state index is -0.711. The van der Waals surface area contributed by atoms with Gasteiger partial charge in [-0.2, -0.15) is 0 Å². The Bertz CT molecular complexity index is 959. The van der Waals surface area contributed by atoms with Crippen LogP contribution >= 0.6 is 0 Å². The van der Waals surface area contributed by atoms with E-state index in [4.69, 9.17) is 4.74 Å². The van der Waals surface area contributed by atoms with Gasteiger partial charge in [-0.3, -0.25) is 4.79 Å².